The Morgan fingerprint density at radius 1 is 1.14 bits per heavy atom. The highest BCUT2D eigenvalue weighted by molar-refractivity contribution is 7.89. The van der Waals surface area contributed by atoms with Crippen molar-refractivity contribution in [2.24, 2.45) is 0 Å². The zero-order valence-electron chi connectivity index (χ0n) is 15.8. The Hall–Kier alpha value is -1.96. The van der Waals surface area contributed by atoms with Crippen LogP contribution in [0.5, 0.6) is 0 Å². The number of amides is 1. The third-order valence-electron chi connectivity index (χ3n) is 4.17. The third-order valence-corrected chi connectivity index (χ3v) is 7.20. The number of hydrogen-bond donors (Lipinski definition) is 0. The van der Waals surface area contributed by atoms with E-state index in [-0.39, 0.29) is 50.2 Å². The van der Waals surface area contributed by atoms with Gasteiger partial charge in [0.05, 0.1) is 19.4 Å². The van der Waals surface area contributed by atoms with Crippen LogP contribution in [0.25, 0.3) is 0 Å². The van der Waals surface area contributed by atoms with Crippen LogP contribution in [0.15, 0.2) is 21.6 Å². The van der Waals surface area contributed by atoms with Gasteiger partial charge in [0.2, 0.25) is 26.8 Å². The normalized spacial score (nSPS) is 16.4. The second-order valence-corrected chi connectivity index (χ2v) is 10.1. The van der Waals surface area contributed by atoms with Gasteiger partial charge >= 0.3 is 5.97 Å². The van der Waals surface area contributed by atoms with E-state index in [0.29, 0.717) is 0 Å². The van der Waals surface area contributed by atoms with E-state index in [2.05, 4.69) is 0 Å². The Bertz CT molecular complexity index is 930. The van der Waals surface area contributed by atoms with Crippen LogP contribution in [0.3, 0.4) is 0 Å². The van der Waals surface area contributed by atoms with Crippen LogP contribution in [-0.4, -0.2) is 94.9 Å². The van der Waals surface area contributed by atoms with Gasteiger partial charge in [-0.15, -0.1) is 0 Å². The monoisotopic (exact) mass is 437 g/mol. The van der Waals surface area contributed by atoms with Crippen molar-refractivity contribution in [2.45, 2.75) is 12.0 Å². The number of furan rings is 1. The van der Waals surface area contributed by atoms with E-state index in [9.17, 15) is 26.4 Å². The number of hydrogen-bond acceptors (Lipinski definition) is 8. The molecule has 11 nitrogen and oxygen atoms in total. The first-order valence-electron chi connectivity index (χ1n) is 8.43. The van der Waals surface area contributed by atoms with Crippen molar-refractivity contribution in [3.63, 3.8) is 0 Å². The van der Waals surface area contributed by atoms with Crippen LogP contribution in [0.1, 0.15) is 17.5 Å². The molecule has 1 aromatic rings. The highest BCUT2D eigenvalue weighted by Crippen LogP contribution is 2.21. The van der Waals surface area contributed by atoms with Crippen molar-refractivity contribution in [3.05, 3.63) is 17.9 Å². The van der Waals surface area contributed by atoms with Crippen LogP contribution in [0.4, 0.5) is 0 Å². The number of piperazine rings is 1. The molecule has 1 amide bonds. The van der Waals surface area contributed by atoms with E-state index in [1.807, 2.05) is 0 Å². The molecule has 0 aromatic carbocycles. The van der Waals surface area contributed by atoms with Gasteiger partial charge in [0.1, 0.15) is 0 Å². The van der Waals surface area contributed by atoms with Gasteiger partial charge in [-0.1, -0.05) is 0 Å². The second-order valence-electron chi connectivity index (χ2n) is 6.14. The molecule has 1 aliphatic rings. The zero-order valence-corrected chi connectivity index (χ0v) is 17.5. The van der Waals surface area contributed by atoms with Crippen LogP contribution >= 0.6 is 0 Å². The summed E-state index contributed by atoms with van der Waals surface area (Å²) >= 11 is 0. The molecule has 1 aromatic heterocycles. The maximum Gasteiger partial charge on any atom is 0.374 e. The molecule has 0 saturated carbocycles. The van der Waals surface area contributed by atoms with E-state index in [0.717, 1.165) is 14.9 Å². The van der Waals surface area contributed by atoms with Crippen LogP contribution < -0.4 is 0 Å². The maximum absolute atomic E-state index is 12.7. The van der Waals surface area contributed by atoms with E-state index in [4.69, 9.17) is 9.15 Å². The van der Waals surface area contributed by atoms with Crippen molar-refractivity contribution in [3.8, 4) is 0 Å². The Balaban J connectivity index is 2.00. The summed E-state index contributed by atoms with van der Waals surface area (Å²) in [5.41, 5.74) is 0. The first kappa shape index (κ1) is 22.3. The third kappa shape index (κ3) is 5.10. The number of carbonyl (C=O) groups excluding carboxylic acids is 2. The van der Waals surface area contributed by atoms with Crippen molar-refractivity contribution < 1.29 is 35.6 Å². The summed E-state index contributed by atoms with van der Waals surface area (Å²) in [6, 6.07) is 2.41. The molecular weight excluding hydrogens is 414 g/mol. The molecule has 0 aliphatic carbocycles. The van der Waals surface area contributed by atoms with Gasteiger partial charge < -0.3 is 14.1 Å². The van der Waals surface area contributed by atoms with Crippen molar-refractivity contribution in [1.29, 1.82) is 0 Å². The largest absolute Gasteiger partial charge is 0.460 e. The van der Waals surface area contributed by atoms with Gasteiger partial charge in [0, 0.05) is 33.2 Å². The summed E-state index contributed by atoms with van der Waals surface area (Å²) in [5.74, 6) is -1.38. The number of nitrogens with zero attached hydrogens (tertiary/aromatic N) is 3. The molecule has 2 rings (SSSR count). The lowest BCUT2D eigenvalue weighted by Crippen LogP contribution is -2.52. The molecule has 1 aliphatic heterocycles. The molecule has 158 valence electrons. The Morgan fingerprint density at radius 2 is 1.75 bits per heavy atom. The fraction of sp³-hybridized carbons (Fsp3) is 0.600. The van der Waals surface area contributed by atoms with E-state index in [1.165, 1.54) is 24.1 Å². The quantitative estimate of drug-likeness (QED) is 0.505. The lowest BCUT2D eigenvalue weighted by atomic mass is 10.3. The minimum absolute atomic E-state index is 0.0199. The lowest BCUT2D eigenvalue weighted by molar-refractivity contribution is -0.132. The minimum Gasteiger partial charge on any atom is -0.460 e. The standard InChI is InChI=1S/C15H23N3O8S2/c1-4-25-15(20)12-5-6-14(26-12)28(23,24)18-9-7-17(8-10-18)13(19)11-16(2)27(3,21)22/h5-6H,4,7-11H2,1-3H3. The summed E-state index contributed by atoms with van der Waals surface area (Å²) in [7, 11) is -6.16. The SMILES string of the molecule is CCOC(=O)c1ccc(S(=O)(=O)N2CCN(C(=O)CN(C)S(C)(=O)=O)CC2)o1. The zero-order chi connectivity index (χ0) is 21.1. The molecular formula is C15H23N3O8S2. The molecule has 0 spiro atoms. The van der Waals surface area contributed by atoms with E-state index >= 15 is 0 Å². The van der Waals surface area contributed by atoms with Crippen LogP contribution in [-0.2, 0) is 29.6 Å². The molecule has 1 fully saturated rings. The highest BCUT2D eigenvalue weighted by Gasteiger charge is 2.33. The fourth-order valence-corrected chi connectivity index (χ4v) is 4.16. The summed E-state index contributed by atoms with van der Waals surface area (Å²) in [4.78, 5) is 25.2. The highest BCUT2D eigenvalue weighted by atomic mass is 32.2. The number of sulfonamides is 2. The molecule has 0 N–H and O–H groups in total. The first-order valence-corrected chi connectivity index (χ1v) is 11.7. The Kier molecular flexibility index (Phi) is 6.85. The summed E-state index contributed by atoms with van der Waals surface area (Å²) in [6.45, 7) is 1.70. The topological polar surface area (TPSA) is 135 Å². The Morgan fingerprint density at radius 3 is 2.29 bits per heavy atom. The fourth-order valence-electron chi connectivity index (χ4n) is 2.48. The van der Waals surface area contributed by atoms with Gasteiger partial charge in [-0.05, 0) is 19.1 Å². The van der Waals surface area contributed by atoms with Crippen molar-refractivity contribution >= 4 is 31.9 Å². The van der Waals surface area contributed by atoms with E-state index < -0.39 is 31.9 Å². The number of esters is 1. The molecule has 13 heteroatoms. The van der Waals surface area contributed by atoms with Gasteiger partial charge in [0.25, 0.3) is 10.0 Å². The van der Waals surface area contributed by atoms with Crippen molar-refractivity contribution in [1.82, 2.24) is 13.5 Å². The van der Waals surface area contributed by atoms with E-state index in [1.54, 1.807) is 6.92 Å². The first-order chi connectivity index (χ1) is 13.0. The molecule has 0 bridgehead atoms. The summed E-state index contributed by atoms with van der Waals surface area (Å²) < 4.78 is 60.1. The predicted octanol–water partition coefficient (Wildman–Crippen LogP) is -0.819. The average molecular weight is 437 g/mol. The molecule has 0 radical (unpaired) electrons. The van der Waals surface area contributed by atoms with Gasteiger partial charge in [0.15, 0.2) is 0 Å². The Labute approximate surface area is 163 Å². The molecule has 28 heavy (non-hydrogen) atoms. The van der Waals surface area contributed by atoms with Gasteiger partial charge in [-0.25, -0.2) is 21.6 Å². The number of ether oxygens (including phenoxy) is 1. The molecule has 0 atom stereocenters. The number of likely N-dealkylation sites (N-methyl/N-ethyl adjacent to an activating group) is 1. The predicted molar refractivity (Wildman–Crippen MR) is 97.5 cm³/mol. The summed E-state index contributed by atoms with van der Waals surface area (Å²) in [6.07, 6.45) is 0.999. The molecule has 0 unspecified atom stereocenters. The van der Waals surface area contributed by atoms with Gasteiger partial charge in [-0.2, -0.15) is 8.61 Å². The summed E-state index contributed by atoms with van der Waals surface area (Å²) in [5, 5.41) is -0.382. The van der Waals surface area contributed by atoms with Crippen LogP contribution in [0, 0.1) is 0 Å². The van der Waals surface area contributed by atoms with Crippen molar-refractivity contribution in [2.75, 3.05) is 52.6 Å². The average Bonchev–Trinajstić information content (AvgIpc) is 3.12. The van der Waals surface area contributed by atoms with Crippen LogP contribution in [0.2, 0.25) is 0 Å². The lowest BCUT2D eigenvalue weighted by Gasteiger charge is -2.34. The number of rotatable bonds is 7. The minimum atomic E-state index is -3.97. The number of carbonyl (C=O) groups is 2. The second kappa shape index (κ2) is 8.59. The molecule has 1 saturated heterocycles. The smallest absolute Gasteiger partial charge is 0.374 e. The van der Waals surface area contributed by atoms with Gasteiger partial charge in [-0.3, -0.25) is 4.79 Å². The molecule has 2 heterocycles. The maximum atomic E-state index is 12.7.